The molecule has 180 valence electrons. The number of ether oxygens (including phenoxy) is 1. The highest BCUT2D eigenvalue weighted by Gasteiger charge is 2.34. The van der Waals surface area contributed by atoms with Crippen LogP contribution < -0.4 is 15.6 Å². The van der Waals surface area contributed by atoms with Gasteiger partial charge in [-0.3, -0.25) is 14.2 Å². The molecule has 4 rings (SSSR count). The molecule has 0 saturated heterocycles. The topological polar surface area (TPSA) is 73.2 Å². The molecule has 0 aliphatic rings. The van der Waals surface area contributed by atoms with E-state index in [4.69, 9.17) is 16.3 Å². The van der Waals surface area contributed by atoms with Crippen LogP contribution in [0.2, 0.25) is 5.02 Å². The molecule has 4 aromatic rings. The first-order chi connectivity index (χ1) is 16.7. The summed E-state index contributed by atoms with van der Waals surface area (Å²) < 4.78 is 46.6. The summed E-state index contributed by atoms with van der Waals surface area (Å²) in [6.07, 6.45) is -4.70. The van der Waals surface area contributed by atoms with Gasteiger partial charge in [-0.15, -0.1) is 0 Å². The van der Waals surface area contributed by atoms with Crippen molar-refractivity contribution in [3.63, 3.8) is 0 Å². The van der Waals surface area contributed by atoms with Gasteiger partial charge in [-0.2, -0.15) is 13.2 Å². The van der Waals surface area contributed by atoms with Crippen LogP contribution >= 0.6 is 23.4 Å². The van der Waals surface area contributed by atoms with Gasteiger partial charge in [0.25, 0.3) is 5.56 Å². The Labute approximate surface area is 206 Å². The van der Waals surface area contributed by atoms with Crippen LogP contribution in [-0.2, 0) is 11.0 Å². The number of methoxy groups -OCH3 is 1. The van der Waals surface area contributed by atoms with Gasteiger partial charge in [0.15, 0.2) is 5.16 Å². The standard InChI is InChI=1S/C24H17ClF3N3O3S/c1-34-16-6-4-5-15(12-16)31-22(33)17-7-2-3-8-19(17)30-23(31)35-13-21(32)29-20-10-9-14(25)11-18(20)24(26,27)28/h2-12H,13H2,1H3,(H,29,32). The molecule has 6 nitrogen and oxygen atoms in total. The first kappa shape index (κ1) is 24.6. The number of alkyl halides is 3. The molecule has 0 radical (unpaired) electrons. The zero-order valence-corrected chi connectivity index (χ0v) is 19.7. The van der Waals surface area contributed by atoms with Crippen molar-refractivity contribution in [2.45, 2.75) is 11.3 Å². The lowest BCUT2D eigenvalue weighted by molar-refractivity contribution is -0.137. The van der Waals surface area contributed by atoms with Crippen molar-refractivity contribution in [2.24, 2.45) is 0 Å². The summed E-state index contributed by atoms with van der Waals surface area (Å²) in [6.45, 7) is 0. The van der Waals surface area contributed by atoms with E-state index in [1.807, 2.05) is 0 Å². The van der Waals surface area contributed by atoms with Crippen molar-refractivity contribution in [1.82, 2.24) is 9.55 Å². The van der Waals surface area contributed by atoms with Crippen molar-refractivity contribution < 1.29 is 22.7 Å². The molecule has 0 aliphatic heterocycles. The molecule has 1 aromatic heterocycles. The van der Waals surface area contributed by atoms with E-state index in [1.54, 1.807) is 48.5 Å². The minimum Gasteiger partial charge on any atom is -0.497 e. The van der Waals surface area contributed by atoms with Gasteiger partial charge >= 0.3 is 6.18 Å². The second kappa shape index (κ2) is 10.0. The minimum atomic E-state index is -4.70. The number of nitrogens with one attached hydrogen (secondary N) is 1. The van der Waals surface area contributed by atoms with Gasteiger partial charge in [-0.1, -0.05) is 41.6 Å². The Bertz CT molecular complexity index is 1470. The van der Waals surface area contributed by atoms with Gasteiger partial charge < -0.3 is 10.1 Å². The highest BCUT2D eigenvalue weighted by Crippen LogP contribution is 2.36. The van der Waals surface area contributed by atoms with Crippen LogP contribution in [-0.4, -0.2) is 28.3 Å². The zero-order valence-electron chi connectivity index (χ0n) is 18.1. The highest BCUT2D eigenvalue weighted by atomic mass is 35.5. The molecule has 1 amide bonds. The molecule has 0 unspecified atom stereocenters. The quantitative estimate of drug-likeness (QED) is 0.257. The van der Waals surface area contributed by atoms with E-state index in [0.29, 0.717) is 22.3 Å². The third-order valence-electron chi connectivity index (χ3n) is 4.95. The number of hydrogen-bond acceptors (Lipinski definition) is 5. The Morgan fingerprint density at radius 3 is 2.63 bits per heavy atom. The summed E-state index contributed by atoms with van der Waals surface area (Å²) in [5.74, 6) is -0.490. The van der Waals surface area contributed by atoms with E-state index in [-0.39, 0.29) is 21.5 Å². The Hall–Kier alpha value is -3.50. The third-order valence-corrected chi connectivity index (χ3v) is 6.12. The van der Waals surface area contributed by atoms with Gasteiger partial charge in [-0.25, -0.2) is 4.98 Å². The average molecular weight is 520 g/mol. The Morgan fingerprint density at radius 2 is 1.89 bits per heavy atom. The Morgan fingerprint density at radius 1 is 1.11 bits per heavy atom. The van der Waals surface area contributed by atoms with Gasteiger partial charge in [-0.05, 0) is 42.5 Å². The van der Waals surface area contributed by atoms with Crippen LogP contribution in [0.15, 0.2) is 76.7 Å². The van der Waals surface area contributed by atoms with E-state index in [9.17, 15) is 22.8 Å². The number of anilines is 1. The lowest BCUT2D eigenvalue weighted by Gasteiger charge is -2.15. The predicted octanol–water partition coefficient (Wildman–Crippen LogP) is 5.80. The lowest BCUT2D eigenvalue weighted by atomic mass is 10.1. The lowest BCUT2D eigenvalue weighted by Crippen LogP contribution is -2.23. The van der Waals surface area contributed by atoms with Crippen molar-refractivity contribution >= 4 is 45.9 Å². The maximum atomic E-state index is 13.4. The molecule has 0 aliphatic carbocycles. The van der Waals surface area contributed by atoms with Gasteiger partial charge in [0, 0.05) is 11.1 Å². The van der Waals surface area contributed by atoms with Crippen molar-refractivity contribution in [1.29, 1.82) is 0 Å². The van der Waals surface area contributed by atoms with Crippen LogP contribution in [0.3, 0.4) is 0 Å². The SMILES string of the molecule is COc1cccc(-n2c(SCC(=O)Nc3ccc(Cl)cc3C(F)(F)F)nc3ccccc3c2=O)c1. The maximum Gasteiger partial charge on any atom is 0.418 e. The summed E-state index contributed by atoms with van der Waals surface area (Å²) in [5, 5.41) is 2.74. The van der Waals surface area contributed by atoms with E-state index in [1.165, 1.54) is 17.7 Å². The number of carbonyl (C=O) groups excluding carboxylic acids is 1. The minimum absolute atomic E-state index is 0.104. The Kier molecular flexibility index (Phi) is 7.04. The number of halogens is 4. The summed E-state index contributed by atoms with van der Waals surface area (Å²) in [5.41, 5.74) is -0.933. The maximum absolute atomic E-state index is 13.4. The molecule has 0 bridgehead atoms. The molecule has 1 heterocycles. The summed E-state index contributed by atoms with van der Waals surface area (Å²) in [4.78, 5) is 30.4. The smallest absolute Gasteiger partial charge is 0.418 e. The number of aromatic nitrogens is 2. The number of nitrogens with zero attached hydrogens (tertiary/aromatic N) is 2. The van der Waals surface area contributed by atoms with Crippen LogP contribution in [0.4, 0.5) is 18.9 Å². The summed E-state index contributed by atoms with van der Waals surface area (Å²) >= 11 is 6.61. The second-order valence-corrected chi connectivity index (χ2v) is 8.66. The molecular formula is C24H17ClF3N3O3S. The number of benzene rings is 3. The van der Waals surface area contributed by atoms with Gasteiger partial charge in [0.2, 0.25) is 5.91 Å². The van der Waals surface area contributed by atoms with Crippen LogP contribution in [0.5, 0.6) is 5.75 Å². The molecule has 0 fully saturated rings. The number of fused-ring (bicyclic) bond motifs is 1. The third kappa shape index (κ3) is 5.44. The predicted molar refractivity (Wildman–Crippen MR) is 130 cm³/mol. The molecule has 11 heteroatoms. The fraction of sp³-hybridized carbons (Fsp3) is 0.125. The molecule has 0 atom stereocenters. The number of thioether (sulfide) groups is 1. The van der Waals surface area contributed by atoms with E-state index < -0.39 is 23.3 Å². The second-order valence-electron chi connectivity index (χ2n) is 7.28. The Balaban J connectivity index is 1.67. The summed E-state index contributed by atoms with van der Waals surface area (Å²) in [7, 11) is 1.49. The van der Waals surface area contributed by atoms with E-state index in [0.717, 1.165) is 23.9 Å². The monoisotopic (exact) mass is 519 g/mol. The van der Waals surface area contributed by atoms with Crippen LogP contribution in [0, 0.1) is 0 Å². The first-order valence-electron chi connectivity index (χ1n) is 10.1. The van der Waals surface area contributed by atoms with Crippen molar-refractivity contribution in [3.8, 4) is 11.4 Å². The number of carbonyl (C=O) groups is 1. The molecule has 0 spiro atoms. The molecular weight excluding hydrogens is 503 g/mol. The van der Waals surface area contributed by atoms with Crippen molar-refractivity contribution in [2.75, 3.05) is 18.2 Å². The number of rotatable bonds is 6. The first-order valence-corrected chi connectivity index (χ1v) is 11.5. The summed E-state index contributed by atoms with van der Waals surface area (Å²) in [6, 6.07) is 16.6. The molecule has 3 aromatic carbocycles. The largest absolute Gasteiger partial charge is 0.497 e. The average Bonchev–Trinajstić information content (AvgIpc) is 2.83. The van der Waals surface area contributed by atoms with E-state index >= 15 is 0 Å². The van der Waals surface area contributed by atoms with Crippen LogP contribution in [0.1, 0.15) is 5.56 Å². The molecule has 0 saturated carbocycles. The van der Waals surface area contributed by atoms with E-state index in [2.05, 4.69) is 10.3 Å². The van der Waals surface area contributed by atoms with Gasteiger partial charge in [0.1, 0.15) is 5.75 Å². The molecule has 1 N–H and O–H groups in total. The van der Waals surface area contributed by atoms with Gasteiger partial charge in [0.05, 0.1) is 40.7 Å². The normalized spacial score (nSPS) is 11.5. The number of amides is 1. The van der Waals surface area contributed by atoms with Crippen molar-refractivity contribution in [3.05, 3.63) is 87.7 Å². The number of hydrogen-bond donors (Lipinski definition) is 1. The molecule has 35 heavy (non-hydrogen) atoms. The zero-order chi connectivity index (χ0) is 25.2. The number of para-hydroxylation sites is 1. The highest BCUT2D eigenvalue weighted by molar-refractivity contribution is 7.99. The fourth-order valence-corrected chi connectivity index (χ4v) is 4.35. The van der Waals surface area contributed by atoms with Crippen LogP contribution in [0.25, 0.3) is 16.6 Å². The fourth-order valence-electron chi connectivity index (χ4n) is 3.36.